The van der Waals surface area contributed by atoms with E-state index in [0.717, 1.165) is 76.3 Å². The third kappa shape index (κ3) is 4.32. The molecule has 0 radical (unpaired) electrons. The number of nitrogens with one attached hydrogen (secondary N) is 2. The van der Waals surface area contributed by atoms with Gasteiger partial charge in [-0.25, -0.2) is 9.59 Å². The number of aliphatic hydroxyl groups is 1. The third-order valence-corrected chi connectivity index (χ3v) is 12.1. The third-order valence-electron chi connectivity index (χ3n) is 12.1. The van der Waals surface area contributed by atoms with Gasteiger partial charge in [0.05, 0.1) is 11.9 Å². The summed E-state index contributed by atoms with van der Waals surface area (Å²) in [6.07, 6.45) is 13.8. The lowest BCUT2D eigenvalue weighted by Crippen LogP contribution is -2.62. The molecule has 4 saturated carbocycles. The van der Waals surface area contributed by atoms with E-state index < -0.39 is 5.60 Å². The number of carbonyl (C=O) groups excluding carboxylic acids is 1. The number of alkyl carbamates (subject to hydrolysis) is 1. The average molecular weight is 527 g/mol. The predicted molar refractivity (Wildman–Crippen MR) is 145 cm³/mol. The Morgan fingerprint density at radius 1 is 1.08 bits per heavy atom. The summed E-state index contributed by atoms with van der Waals surface area (Å²) < 4.78 is 11.2. The lowest BCUT2D eigenvalue weighted by Gasteiger charge is -2.63. The molecule has 1 saturated heterocycles. The van der Waals surface area contributed by atoms with E-state index in [0.29, 0.717) is 30.3 Å². The summed E-state index contributed by atoms with van der Waals surface area (Å²) in [6, 6.07) is 3.78. The van der Waals surface area contributed by atoms with E-state index >= 15 is 0 Å². The van der Waals surface area contributed by atoms with Gasteiger partial charge < -0.3 is 24.9 Å². The first kappa shape index (κ1) is 26.4. The highest BCUT2D eigenvalue weighted by molar-refractivity contribution is 5.67. The van der Waals surface area contributed by atoms with E-state index in [-0.39, 0.29) is 34.6 Å². The molecule has 7 heteroatoms. The van der Waals surface area contributed by atoms with Crippen molar-refractivity contribution in [3.8, 4) is 0 Å². The van der Waals surface area contributed by atoms with Crippen LogP contribution in [0.3, 0.4) is 0 Å². The van der Waals surface area contributed by atoms with Gasteiger partial charge in [-0.1, -0.05) is 20.3 Å². The molecule has 3 N–H and O–H groups in total. The molecule has 0 spiro atoms. The van der Waals surface area contributed by atoms with Crippen LogP contribution in [0, 0.1) is 28.6 Å². The van der Waals surface area contributed by atoms with Crippen molar-refractivity contribution in [2.24, 2.45) is 28.6 Å². The van der Waals surface area contributed by atoms with Crippen LogP contribution in [0.4, 0.5) is 4.79 Å². The minimum absolute atomic E-state index is 0.00974. The lowest BCUT2D eigenvalue weighted by atomic mass is 9.43. The minimum atomic E-state index is -0.689. The highest BCUT2D eigenvalue weighted by Gasteiger charge is 2.67. The molecule has 1 aromatic heterocycles. The van der Waals surface area contributed by atoms with Gasteiger partial charge in [0.1, 0.15) is 6.10 Å². The first-order valence-corrected chi connectivity index (χ1v) is 15.2. The van der Waals surface area contributed by atoms with Gasteiger partial charge in [-0.2, -0.15) is 0 Å². The second-order valence-corrected chi connectivity index (χ2v) is 13.7. The van der Waals surface area contributed by atoms with Crippen molar-refractivity contribution in [2.45, 2.75) is 115 Å². The number of amides is 1. The van der Waals surface area contributed by atoms with Crippen LogP contribution >= 0.6 is 0 Å². The Hall–Kier alpha value is -1.86. The zero-order valence-electron chi connectivity index (χ0n) is 23.2. The fourth-order valence-corrected chi connectivity index (χ4v) is 9.89. The number of hydrogen-bond acceptors (Lipinski definition) is 6. The first-order chi connectivity index (χ1) is 18.2. The highest BCUT2D eigenvalue weighted by Crippen LogP contribution is 2.70. The molecule has 5 aliphatic rings. The van der Waals surface area contributed by atoms with Gasteiger partial charge in [0.2, 0.25) is 0 Å². The maximum Gasteiger partial charge on any atom is 0.407 e. The Kier molecular flexibility index (Phi) is 6.91. The second kappa shape index (κ2) is 9.96. The second-order valence-electron chi connectivity index (χ2n) is 13.7. The van der Waals surface area contributed by atoms with E-state index in [1.807, 2.05) is 6.07 Å². The maximum atomic E-state index is 12.6. The topological polar surface area (TPSA) is 101 Å². The maximum absolute atomic E-state index is 12.6. The molecule has 6 rings (SSSR count). The zero-order valence-corrected chi connectivity index (χ0v) is 23.2. The molecule has 4 aliphatic carbocycles. The van der Waals surface area contributed by atoms with Gasteiger partial charge in [0.15, 0.2) is 0 Å². The fourth-order valence-electron chi connectivity index (χ4n) is 9.89. The Bertz CT molecular complexity index is 1060. The monoisotopic (exact) mass is 526 g/mol. The summed E-state index contributed by atoms with van der Waals surface area (Å²) in [4.78, 5) is 24.1. The van der Waals surface area contributed by atoms with Crippen LogP contribution in [0.5, 0.6) is 0 Å². The fraction of sp³-hybridized carbons (Fsp3) is 0.806. The lowest BCUT2D eigenvalue weighted by molar-refractivity contribution is -0.205. The zero-order chi connectivity index (χ0) is 26.5. The quantitative estimate of drug-likeness (QED) is 0.504. The van der Waals surface area contributed by atoms with Crippen LogP contribution < -0.4 is 16.3 Å². The van der Waals surface area contributed by atoms with E-state index in [1.165, 1.54) is 18.9 Å². The van der Waals surface area contributed by atoms with Crippen molar-refractivity contribution in [3.05, 3.63) is 34.4 Å². The summed E-state index contributed by atoms with van der Waals surface area (Å²) in [5.41, 5.74) is 0.0190. The van der Waals surface area contributed by atoms with Crippen LogP contribution in [-0.4, -0.2) is 42.0 Å². The van der Waals surface area contributed by atoms with Gasteiger partial charge in [0, 0.05) is 24.1 Å². The first-order valence-electron chi connectivity index (χ1n) is 15.2. The molecule has 5 fully saturated rings. The molecular weight excluding hydrogens is 480 g/mol. The average Bonchev–Trinajstić information content (AvgIpc) is 3.20. The van der Waals surface area contributed by atoms with E-state index in [2.05, 4.69) is 24.5 Å². The van der Waals surface area contributed by atoms with E-state index in [9.17, 15) is 14.7 Å². The number of ether oxygens (including phenoxy) is 1. The summed E-state index contributed by atoms with van der Waals surface area (Å²) in [5.74, 6) is 1.55. The Balaban J connectivity index is 1.11. The van der Waals surface area contributed by atoms with Crippen molar-refractivity contribution in [2.75, 3.05) is 13.1 Å². The molecule has 1 aromatic rings. The molecule has 210 valence electrons. The van der Waals surface area contributed by atoms with Gasteiger partial charge >= 0.3 is 11.7 Å². The van der Waals surface area contributed by atoms with Gasteiger partial charge in [0.25, 0.3) is 0 Å². The van der Waals surface area contributed by atoms with Gasteiger partial charge in [-0.15, -0.1) is 0 Å². The molecule has 1 unspecified atom stereocenters. The van der Waals surface area contributed by atoms with Crippen molar-refractivity contribution in [1.29, 1.82) is 0 Å². The summed E-state index contributed by atoms with van der Waals surface area (Å²) in [6.45, 7) is 6.42. The smallest absolute Gasteiger partial charge is 0.407 e. The summed E-state index contributed by atoms with van der Waals surface area (Å²) in [7, 11) is 0. The molecule has 0 aromatic carbocycles. The van der Waals surface area contributed by atoms with Crippen LogP contribution in [-0.2, 0) is 4.74 Å². The largest absolute Gasteiger partial charge is 0.446 e. The van der Waals surface area contributed by atoms with Gasteiger partial charge in [-0.3, -0.25) is 0 Å². The summed E-state index contributed by atoms with van der Waals surface area (Å²) in [5, 5.41) is 18.9. The molecule has 1 aliphatic heterocycles. The Morgan fingerprint density at radius 3 is 2.71 bits per heavy atom. The molecular formula is C31H46N2O5. The van der Waals surface area contributed by atoms with Gasteiger partial charge in [-0.05, 0) is 118 Å². The molecule has 38 heavy (non-hydrogen) atoms. The summed E-state index contributed by atoms with van der Waals surface area (Å²) >= 11 is 0. The standard InChI is InChI=1S/C31H46N2O5/c1-29-13-10-23(38-28(35)33-18-22-5-3-4-16-32-22)17-21(29)7-8-26-25(29)11-14-30(2)24(12-15-31(26,30)36)20-6-9-27(34)37-19-20/h6,9,19,21-26,32,36H,3-5,7-8,10-18H2,1-2H3,(H,33,35)/t21-,22?,23+,24-,25+,26-,29+,30-,31+/m1/s1. The predicted octanol–water partition coefficient (Wildman–Crippen LogP) is 5.12. The van der Waals surface area contributed by atoms with Crippen LogP contribution in [0.1, 0.15) is 102 Å². The minimum Gasteiger partial charge on any atom is -0.446 e. The Morgan fingerprint density at radius 2 is 1.95 bits per heavy atom. The van der Waals surface area contributed by atoms with Crippen molar-refractivity contribution in [1.82, 2.24) is 10.6 Å². The van der Waals surface area contributed by atoms with Crippen LogP contribution in [0.2, 0.25) is 0 Å². The molecule has 1 amide bonds. The van der Waals surface area contributed by atoms with Crippen LogP contribution in [0.25, 0.3) is 0 Å². The van der Waals surface area contributed by atoms with E-state index in [1.54, 1.807) is 6.26 Å². The normalized spacial score (nSPS) is 44.4. The number of piperidine rings is 1. The number of carbonyl (C=O) groups is 1. The molecule has 7 nitrogen and oxygen atoms in total. The van der Waals surface area contributed by atoms with E-state index in [4.69, 9.17) is 9.15 Å². The Labute approximate surface area is 226 Å². The van der Waals surface area contributed by atoms with Crippen LogP contribution in [0.15, 0.2) is 27.6 Å². The SMILES string of the molecule is C[C@]12CC[C@H](OC(=O)NCC3CCCCN3)C[C@H]1CC[C@@H]1[C@@H]2CC[C@]2(C)[C@@H](c3ccc(=O)oc3)CC[C@]12O. The molecule has 2 heterocycles. The number of rotatable bonds is 4. The highest BCUT2D eigenvalue weighted by atomic mass is 16.6. The molecule has 9 atom stereocenters. The number of hydrogen-bond donors (Lipinski definition) is 3. The van der Waals surface area contributed by atoms with Crippen molar-refractivity contribution >= 4 is 6.09 Å². The van der Waals surface area contributed by atoms with Crippen molar-refractivity contribution < 1.29 is 19.1 Å². The van der Waals surface area contributed by atoms with Crippen molar-refractivity contribution in [3.63, 3.8) is 0 Å². The molecule has 0 bridgehead atoms. The number of fused-ring (bicyclic) bond motifs is 5.